The summed E-state index contributed by atoms with van der Waals surface area (Å²) in [4.78, 5) is 6.93. The average molecular weight is 317 g/mol. The molecular formula is C14H13BrN4. The van der Waals surface area contributed by atoms with Crippen molar-refractivity contribution in [2.45, 2.75) is 0 Å². The average Bonchev–Trinajstić information content (AvgIpc) is 2.48. The summed E-state index contributed by atoms with van der Waals surface area (Å²) in [5, 5.41) is 13.5. The van der Waals surface area contributed by atoms with E-state index in [9.17, 15) is 5.26 Å². The summed E-state index contributed by atoms with van der Waals surface area (Å²) in [6.45, 7) is 3.76. The number of benzene rings is 1. The van der Waals surface area contributed by atoms with Crippen LogP contribution in [0, 0.1) is 11.3 Å². The summed E-state index contributed by atoms with van der Waals surface area (Å²) >= 11 is 3.52. The Hall–Kier alpha value is -1.64. The Balaban J connectivity index is 2.16. The van der Waals surface area contributed by atoms with Gasteiger partial charge >= 0.3 is 0 Å². The van der Waals surface area contributed by atoms with Crippen LogP contribution in [0.1, 0.15) is 5.56 Å². The minimum Gasteiger partial charge on any atom is -0.354 e. The van der Waals surface area contributed by atoms with Crippen LogP contribution in [0.4, 0.5) is 5.82 Å². The van der Waals surface area contributed by atoms with Crippen LogP contribution >= 0.6 is 15.9 Å². The Morgan fingerprint density at radius 1 is 1.32 bits per heavy atom. The lowest BCUT2D eigenvalue weighted by atomic mass is 10.1. The molecule has 0 bridgehead atoms. The van der Waals surface area contributed by atoms with Gasteiger partial charge in [-0.05, 0) is 28.1 Å². The molecule has 1 aliphatic heterocycles. The molecule has 0 aliphatic carbocycles. The van der Waals surface area contributed by atoms with Gasteiger partial charge in [0.1, 0.15) is 5.82 Å². The Morgan fingerprint density at radius 2 is 2.11 bits per heavy atom. The third-order valence-corrected chi connectivity index (χ3v) is 3.98. The molecule has 2 aromatic rings. The van der Waals surface area contributed by atoms with Crippen molar-refractivity contribution in [2.24, 2.45) is 0 Å². The summed E-state index contributed by atoms with van der Waals surface area (Å²) in [5.41, 5.74) is 1.54. The van der Waals surface area contributed by atoms with E-state index in [-0.39, 0.29) is 0 Å². The van der Waals surface area contributed by atoms with Gasteiger partial charge in [-0.25, -0.2) is 4.98 Å². The number of nitriles is 1. The minimum absolute atomic E-state index is 0.680. The van der Waals surface area contributed by atoms with Gasteiger partial charge < -0.3 is 10.2 Å². The molecule has 1 aromatic heterocycles. The largest absolute Gasteiger partial charge is 0.354 e. The van der Waals surface area contributed by atoms with Gasteiger partial charge in [0.2, 0.25) is 0 Å². The monoisotopic (exact) mass is 316 g/mol. The van der Waals surface area contributed by atoms with E-state index >= 15 is 0 Å². The number of rotatable bonds is 1. The fourth-order valence-electron chi connectivity index (χ4n) is 2.35. The van der Waals surface area contributed by atoms with Crippen LogP contribution in [-0.2, 0) is 0 Å². The van der Waals surface area contributed by atoms with Crippen molar-refractivity contribution in [1.82, 2.24) is 10.3 Å². The highest BCUT2D eigenvalue weighted by molar-refractivity contribution is 9.10. The Bertz CT molecular complexity index is 656. The van der Waals surface area contributed by atoms with Crippen LogP contribution in [0.5, 0.6) is 0 Å². The van der Waals surface area contributed by atoms with Crippen molar-refractivity contribution in [3.05, 3.63) is 34.3 Å². The van der Waals surface area contributed by atoms with Crippen LogP contribution in [-0.4, -0.2) is 31.2 Å². The number of nitrogens with zero attached hydrogens (tertiary/aromatic N) is 3. The summed E-state index contributed by atoms with van der Waals surface area (Å²) in [6, 6.07) is 9.99. The molecule has 4 nitrogen and oxygen atoms in total. The molecule has 3 rings (SSSR count). The smallest absolute Gasteiger partial charge is 0.130 e. The zero-order valence-electron chi connectivity index (χ0n) is 10.4. The molecule has 5 heteroatoms. The lowest BCUT2D eigenvalue weighted by Gasteiger charge is -2.28. The van der Waals surface area contributed by atoms with Gasteiger partial charge in [0.25, 0.3) is 0 Å². The third-order valence-electron chi connectivity index (χ3n) is 3.34. The number of halogens is 1. The molecule has 19 heavy (non-hydrogen) atoms. The summed E-state index contributed by atoms with van der Waals surface area (Å²) < 4.78 is 0.929. The van der Waals surface area contributed by atoms with Gasteiger partial charge in [-0.1, -0.05) is 12.1 Å². The standard InChI is InChI=1S/C14H13BrN4/c15-12-3-1-2-11-10(9-16)8-13(18-14(11)12)19-6-4-17-5-7-19/h1-3,8,17H,4-7H2. The zero-order valence-corrected chi connectivity index (χ0v) is 11.9. The predicted molar refractivity (Wildman–Crippen MR) is 79.2 cm³/mol. The van der Waals surface area contributed by atoms with Gasteiger partial charge in [-0.3, -0.25) is 0 Å². The van der Waals surface area contributed by atoms with Crippen molar-refractivity contribution in [2.75, 3.05) is 31.1 Å². The van der Waals surface area contributed by atoms with Crippen molar-refractivity contribution in [3.63, 3.8) is 0 Å². The highest BCUT2D eigenvalue weighted by Crippen LogP contribution is 2.28. The van der Waals surface area contributed by atoms with Gasteiger partial charge in [0, 0.05) is 36.0 Å². The first-order chi connectivity index (χ1) is 9.29. The van der Waals surface area contributed by atoms with Crippen LogP contribution in [0.3, 0.4) is 0 Å². The molecule has 96 valence electrons. The van der Waals surface area contributed by atoms with E-state index in [1.165, 1.54) is 0 Å². The van der Waals surface area contributed by atoms with Gasteiger partial charge in [-0.15, -0.1) is 0 Å². The van der Waals surface area contributed by atoms with E-state index in [4.69, 9.17) is 4.98 Å². The molecule has 0 saturated carbocycles. The third kappa shape index (κ3) is 2.29. The molecule has 0 atom stereocenters. The van der Waals surface area contributed by atoms with E-state index in [0.717, 1.165) is 47.4 Å². The minimum atomic E-state index is 0.680. The van der Waals surface area contributed by atoms with E-state index in [1.54, 1.807) is 0 Å². The Kier molecular flexibility index (Phi) is 3.36. The number of aromatic nitrogens is 1. The predicted octanol–water partition coefficient (Wildman–Crippen LogP) is 2.28. The molecular weight excluding hydrogens is 304 g/mol. The first kappa shape index (κ1) is 12.4. The molecule has 0 radical (unpaired) electrons. The van der Waals surface area contributed by atoms with Crippen molar-refractivity contribution in [1.29, 1.82) is 5.26 Å². The second-order valence-electron chi connectivity index (χ2n) is 4.51. The van der Waals surface area contributed by atoms with Crippen molar-refractivity contribution in [3.8, 4) is 6.07 Å². The maximum atomic E-state index is 9.33. The first-order valence-corrected chi connectivity index (χ1v) is 7.04. The van der Waals surface area contributed by atoms with Crippen LogP contribution in [0.15, 0.2) is 28.7 Å². The first-order valence-electron chi connectivity index (χ1n) is 6.24. The molecule has 1 fully saturated rings. The second-order valence-corrected chi connectivity index (χ2v) is 5.37. The van der Waals surface area contributed by atoms with Gasteiger partial charge in [-0.2, -0.15) is 5.26 Å². The molecule has 0 unspecified atom stereocenters. The summed E-state index contributed by atoms with van der Waals surface area (Å²) in [5.74, 6) is 0.887. The number of hydrogen-bond donors (Lipinski definition) is 1. The molecule has 1 aromatic carbocycles. The van der Waals surface area contributed by atoms with Crippen LogP contribution in [0.2, 0.25) is 0 Å². The number of pyridine rings is 1. The lowest BCUT2D eigenvalue weighted by molar-refractivity contribution is 0.585. The molecule has 1 saturated heterocycles. The van der Waals surface area contributed by atoms with Gasteiger partial charge in [0.15, 0.2) is 0 Å². The number of nitrogens with one attached hydrogen (secondary N) is 1. The highest BCUT2D eigenvalue weighted by atomic mass is 79.9. The quantitative estimate of drug-likeness (QED) is 0.877. The lowest BCUT2D eigenvalue weighted by Crippen LogP contribution is -2.43. The maximum absolute atomic E-state index is 9.33. The number of hydrogen-bond acceptors (Lipinski definition) is 4. The van der Waals surface area contributed by atoms with E-state index < -0.39 is 0 Å². The van der Waals surface area contributed by atoms with Crippen molar-refractivity contribution >= 4 is 32.7 Å². The number of para-hydroxylation sites is 1. The molecule has 0 amide bonds. The fraction of sp³-hybridized carbons (Fsp3) is 0.286. The van der Waals surface area contributed by atoms with Crippen molar-refractivity contribution < 1.29 is 0 Å². The van der Waals surface area contributed by atoms with Crippen LogP contribution in [0.25, 0.3) is 10.9 Å². The Morgan fingerprint density at radius 3 is 2.84 bits per heavy atom. The van der Waals surface area contributed by atoms with Gasteiger partial charge in [0.05, 0.1) is 17.1 Å². The summed E-state index contributed by atoms with van der Waals surface area (Å²) in [6.07, 6.45) is 0. The van der Waals surface area contributed by atoms with Crippen LogP contribution < -0.4 is 10.2 Å². The van der Waals surface area contributed by atoms with E-state index in [2.05, 4.69) is 32.2 Å². The summed E-state index contributed by atoms with van der Waals surface area (Å²) in [7, 11) is 0. The zero-order chi connectivity index (χ0) is 13.2. The number of piperazine rings is 1. The number of anilines is 1. The molecule has 1 aliphatic rings. The fourth-order valence-corrected chi connectivity index (χ4v) is 2.80. The number of fused-ring (bicyclic) bond motifs is 1. The Labute approximate surface area is 120 Å². The second kappa shape index (κ2) is 5.16. The van der Waals surface area contributed by atoms with E-state index in [0.29, 0.717) is 5.56 Å². The molecule has 0 spiro atoms. The maximum Gasteiger partial charge on any atom is 0.130 e. The molecule has 2 heterocycles. The normalized spacial score (nSPS) is 15.5. The molecule has 1 N–H and O–H groups in total. The SMILES string of the molecule is N#Cc1cc(N2CCNCC2)nc2c(Br)cccc12. The van der Waals surface area contributed by atoms with E-state index in [1.807, 2.05) is 24.3 Å². The topological polar surface area (TPSA) is 52.0 Å². The highest BCUT2D eigenvalue weighted by Gasteiger charge is 2.15.